The molecule has 0 saturated carbocycles. The molecule has 2 aromatic rings. The third-order valence-electron chi connectivity index (χ3n) is 11.2. The van der Waals surface area contributed by atoms with Crippen LogP contribution in [0.2, 0.25) is 0 Å². The Morgan fingerprint density at radius 3 is 0.634 bits per heavy atom. The number of hydrogen-bond acceptors (Lipinski definition) is 23. The first kappa shape index (κ1) is 76.7. The summed E-state index contributed by atoms with van der Waals surface area (Å²) in [6.07, 6.45) is -14.1. The first-order valence-corrected chi connectivity index (χ1v) is 30.7. The van der Waals surface area contributed by atoms with E-state index in [0.29, 0.717) is 0 Å². The molecule has 0 aromatic heterocycles. The summed E-state index contributed by atoms with van der Waals surface area (Å²) in [6.45, 7) is -12.8. The predicted molar refractivity (Wildman–Crippen MR) is 338 cm³/mol. The summed E-state index contributed by atoms with van der Waals surface area (Å²) in [5.41, 5.74) is -1.73. The minimum Gasteiger partial charge on any atom is -0.394 e. The fourth-order valence-electron chi connectivity index (χ4n) is 7.20. The third kappa shape index (κ3) is 22.6. The number of rotatable bonds is 34. The quantitative estimate of drug-likeness (QED) is 0.0290. The first-order valence-electron chi connectivity index (χ1n) is 24.2. The molecule has 31 nitrogen and oxygen atoms in total. The van der Waals surface area contributed by atoms with Gasteiger partial charge in [-0.05, 0) is 136 Å². The summed E-state index contributed by atoms with van der Waals surface area (Å²) in [5.74, 6) is -3.96. The molecule has 0 aliphatic heterocycles. The van der Waals surface area contributed by atoms with Gasteiger partial charge in [0.05, 0.1) is 156 Å². The second-order valence-electron chi connectivity index (χ2n) is 18.0. The molecular formula is C45H66I6N8O23. The smallest absolute Gasteiger partial charge is 0.319 e. The molecule has 2 rings (SSSR count). The molecular weight excluding hydrogens is 1780 g/mol. The molecule has 0 aliphatic carbocycles. The Bertz CT molecular complexity index is 2140. The summed E-state index contributed by atoms with van der Waals surface area (Å²) in [4.78, 5) is 88.5. The van der Waals surface area contributed by atoms with Gasteiger partial charge in [0.15, 0.2) is 0 Å². The van der Waals surface area contributed by atoms with Gasteiger partial charge in [0.25, 0.3) is 23.6 Å². The number of carbonyl (C=O) groups excluding carboxylic acids is 6. The second-order valence-corrected chi connectivity index (χ2v) is 24.5. The third-order valence-corrected chi connectivity index (χ3v) is 17.7. The van der Waals surface area contributed by atoms with Crippen molar-refractivity contribution in [1.82, 2.24) is 30.2 Å². The fraction of sp³-hybridized carbons (Fsp3) is 0.600. The molecule has 0 bridgehead atoms. The molecule has 466 valence electrons. The predicted octanol–water partition coefficient (Wildman–Crippen LogP) is -5.79. The van der Waals surface area contributed by atoms with E-state index < -0.39 is 209 Å². The van der Waals surface area contributed by atoms with Crippen molar-refractivity contribution >= 4 is 183 Å². The molecule has 8 atom stereocenters. The number of nitrogens with one attached hydrogen (secondary N) is 4. The van der Waals surface area contributed by atoms with Crippen molar-refractivity contribution in [2.24, 2.45) is 0 Å². The number of aliphatic hydroxyl groups is 17. The van der Waals surface area contributed by atoms with E-state index in [9.17, 15) is 116 Å². The molecule has 0 heterocycles. The zero-order valence-electron chi connectivity index (χ0n) is 43.0. The van der Waals surface area contributed by atoms with Gasteiger partial charge in [-0.25, -0.2) is 9.59 Å². The van der Waals surface area contributed by atoms with Gasteiger partial charge >= 0.3 is 12.1 Å². The monoisotopic (exact) mass is 1850 g/mol. The minimum atomic E-state index is -1.60. The van der Waals surface area contributed by atoms with Gasteiger partial charge in [0.1, 0.15) is 0 Å². The van der Waals surface area contributed by atoms with Crippen LogP contribution in [0.15, 0.2) is 0 Å². The van der Waals surface area contributed by atoms with Gasteiger partial charge in [0, 0.05) is 72.6 Å². The summed E-state index contributed by atoms with van der Waals surface area (Å²) in [7, 11) is 0. The van der Waals surface area contributed by atoms with Gasteiger partial charge in [-0.1, -0.05) is 0 Å². The van der Waals surface area contributed by atoms with Crippen LogP contribution in [0.25, 0.3) is 0 Å². The van der Waals surface area contributed by atoms with Gasteiger partial charge in [-0.2, -0.15) is 0 Å². The lowest BCUT2D eigenvalue weighted by Gasteiger charge is -2.30. The van der Waals surface area contributed by atoms with Gasteiger partial charge in [0.2, 0.25) is 0 Å². The van der Waals surface area contributed by atoms with Crippen LogP contribution in [0, 0.1) is 21.4 Å². The summed E-state index contributed by atoms with van der Waals surface area (Å²) >= 11 is 9.97. The summed E-state index contributed by atoms with van der Waals surface area (Å²) < 4.78 is -0.405. The molecule has 0 saturated heterocycles. The van der Waals surface area contributed by atoms with E-state index in [1.165, 1.54) is 0 Å². The van der Waals surface area contributed by atoms with E-state index in [4.69, 9.17) is 0 Å². The second kappa shape index (κ2) is 38.1. The lowest BCUT2D eigenvalue weighted by molar-refractivity contribution is 0.0203. The van der Waals surface area contributed by atoms with E-state index >= 15 is 0 Å². The van der Waals surface area contributed by atoms with E-state index in [1.54, 1.807) is 136 Å². The Morgan fingerprint density at radius 2 is 0.476 bits per heavy atom. The molecule has 8 unspecified atom stereocenters. The lowest BCUT2D eigenvalue weighted by atomic mass is 10.1. The standard InChI is InChI=1S/C45H66I6N8O23/c46-32-28(40(77)56(3-20(69)11-60)4-21(70)12-61)34(48)38(35(49)29(32)41(78)57(5-22(71)13-62)6-23(72)14-63)54-44(81)52-1-19(68)2-53-45(82)55-39-36(50)30(42(79)58(7-24(73)15-64)8-25(74)16-65)33(47)31(37(39)51)43(80)59(9-26(75)17-66)10-27(76)18-67/h19-27,60-76H,1-18H2,(H2,52,54,81)(H2,53,55,82). The number of anilines is 2. The van der Waals surface area contributed by atoms with Crippen LogP contribution in [-0.4, -0.2) is 315 Å². The minimum absolute atomic E-state index is 0.0488. The van der Waals surface area contributed by atoms with Crippen LogP contribution in [0.5, 0.6) is 0 Å². The number of carbonyl (C=O) groups is 6. The van der Waals surface area contributed by atoms with Crippen molar-refractivity contribution in [3.05, 3.63) is 43.7 Å². The molecule has 21 N–H and O–H groups in total. The van der Waals surface area contributed by atoms with E-state index in [1.807, 2.05) is 0 Å². The lowest BCUT2D eigenvalue weighted by Crippen LogP contribution is -2.46. The van der Waals surface area contributed by atoms with Crippen molar-refractivity contribution in [3.8, 4) is 0 Å². The Hall–Kier alpha value is -1.44. The first-order chi connectivity index (χ1) is 38.5. The maximum absolute atomic E-state index is 14.4. The largest absolute Gasteiger partial charge is 0.394 e. The van der Waals surface area contributed by atoms with E-state index in [2.05, 4.69) is 21.3 Å². The highest BCUT2D eigenvalue weighted by molar-refractivity contribution is 14.1. The number of halogens is 6. The van der Waals surface area contributed by atoms with Crippen LogP contribution in [-0.2, 0) is 0 Å². The average molecular weight is 1850 g/mol. The zero-order chi connectivity index (χ0) is 62.5. The van der Waals surface area contributed by atoms with Crippen LogP contribution >= 0.6 is 136 Å². The van der Waals surface area contributed by atoms with Crippen LogP contribution in [0.3, 0.4) is 0 Å². The van der Waals surface area contributed by atoms with Crippen molar-refractivity contribution in [1.29, 1.82) is 0 Å². The number of urea groups is 2. The maximum Gasteiger partial charge on any atom is 0.319 e. The van der Waals surface area contributed by atoms with Crippen LogP contribution in [0.1, 0.15) is 41.4 Å². The molecule has 0 aliphatic rings. The number of aliphatic hydroxyl groups excluding tert-OH is 17. The summed E-state index contributed by atoms with van der Waals surface area (Å²) in [5, 5.41) is 180. The van der Waals surface area contributed by atoms with Gasteiger partial charge in [-0.3, -0.25) is 19.2 Å². The number of benzene rings is 2. The number of nitrogens with zero attached hydrogens (tertiary/aromatic N) is 4. The Balaban J connectivity index is 2.67. The SMILES string of the molecule is O=C(NCC(O)CNC(=O)Nc1c(I)c(C(=O)N(CC(O)CO)CC(O)CO)c(I)c(C(=O)N(CC(O)CO)CC(O)CO)c1I)Nc1c(I)c(C(=O)N(CC(O)CO)CC(O)CO)c(I)c(C(=O)N(CC(O)CO)CC(O)CO)c1I. The van der Waals surface area contributed by atoms with Crippen molar-refractivity contribution < 1.29 is 116 Å². The van der Waals surface area contributed by atoms with Gasteiger partial charge in [-0.15, -0.1) is 0 Å². The van der Waals surface area contributed by atoms with Crippen molar-refractivity contribution in [2.45, 2.75) is 54.9 Å². The van der Waals surface area contributed by atoms with E-state index in [0.717, 1.165) is 19.6 Å². The van der Waals surface area contributed by atoms with Crippen LogP contribution < -0.4 is 21.3 Å². The number of hydrogen-bond donors (Lipinski definition) is 21. The molecule has 82 heavy (non-hydrogen) atoms. The molecule has 8 amide bonds. The Kier molecular flexibility index (Phi) is 35.6. The summed E-state index contributed by atoms with van der Waals surface area (Å²) in [6, 6.07) is -2.17. The van der Waals surface area contributed by atoms with E-state index in [-0.39, 0.29) is 55.0 Å². The topological polar surface area (TPSA) is 507 Å². The zero-order valence-corrected chi connectivity index (χ0v) is 56.0. The average Bonchev–Trinajstić information content (AvgIpc) is 3.10. The molecule has 0 fully saturated rings. The fourth-order valence-corrected chi connectivity index (χ4v) is 15.9. The molecule has 0 radical (unpaired) electrons. The highest BCUT2D eigenvalue weighted by atomic mass is 127. The van der Waals surface area contributed by atoms with Crippen molar-refractivity contribution in [3.63, 3.8) is 0 Å². The molecule has 37 heteroatoms. The molecule has 0 spiro atoms. The van der Waals surface area contributed by atoms with Crippen LogP contribution in [0.4, 0.5) is 21.0 Å². The Labute approximate surface area is 550 Å². The normalized spacial score (nSPS) is 14.8. The van der Waals surface area contributed by atoms with Crippen molar-refractivity contribution in [2.75, 3.05) is 129 Å². The van der Waals surface area contributed by atoms with Gasteiger partial charge < -0.3 is 128 Å². The number of amides is 8. The molecule has 2 aromatic carbocycles. The highest BCUT2D eigenvalue weighted by Crippen LogP contribution is 2.39. The maximum atomic E-state index is 14.4. The Morgan fingerprint density at radius 1 is 0.305 bits per heavy atom. The highest BCUT2D eigenvalue weighted by Gasteiger charge is 2.37.